The molecule has 2 N–H and O–H groups in total. The normalized spacial score (nSPS) is 12.4. The molecular formula is C18H15Cl2FN4O2S. The van der Waals surface area contributed by atoms with Gasteiger partial charge in [0.2, 0.25) is 0 Å². The molecule has 1 heterocycles. The third kappa shape index (κ3) is 4.35. The van der Waals surface area contributed by atoms with Crippen LogP contribution in [-0.4, -0.2) is 18.4 Å². The molecule has 0 saturated carbocycles. The van der Waals surface area contributed by atoms with Crippen molar-refractivity contribution in [3.63, 3.8) is 0 Å². The van der Waals surface area contributed by atoms with Gasteiger partial charge in [-0.25, -0.2) is 22.8 Å². The van der Waals surface area contributed by atoms with E-state index < -0.39 is 20.7 Å². The fourth-order valence-electron chi connectivity index (χ4n) is 2.53. The van der Waals surface area contributed by atoms with Gasteiger partial charge >= 0.3 is 0 Å². The third-order valence-corrected chi connectivity index (χ3v) is 5.99. The van der Waals surface area contributed by atoms with Crippen molar-refractivity contribution in [2.24, 2.45) is 0 Å². The fraction of sp³-hybridized carbons (Fsp3) is 0.111. The Morgan fingerprint density at radius 2 is 1.86 bits per heavy atom. The molecule has 3 aromatic rings. The lowest BCUT2D eigenvalue weighted by Crippen LogP contribution is -2.16. The zero-order chi connectivity index (χ0) is 20.3. The first-order chi connectivity index (χ1) is 13.3. The van der Waals surface area contributed by atoms with Crippen molar-refractivity contribution in [2.75, 3.05) is 10.0 Å². The molecule has 28 heavy (non-hydrogen) atoms. The van der Waals surface area contributed by atoms with E-state index in [9.17, 15) is 12.8 Å². The fourth-order valence-corrected chi connectivity index (χ4v) is 4.20. The summed E-state index contributed by atoms with van der Waals surface area (Å²) in [5.74, 6) is -1.06. The molecule has 0 amide bonds. The molecule has 1 atom stereocenters. The summed E-state index contributed by atoms with van der Waals surface area (Å²) in [5, 5.41) is 3.25. The lowest BCUT2D eigenvalue weighted by atomic mass is 10.1. The van der Waals surface area contributed by atoms with Crippen LogP contribution < -0.4 is 10.0 Å². The van der Waals surface area contributed by atoms with Gasteiger partial charge in [-0.2, -0.15) is 0 Å². The summed E-state index contributed by atoms with van der Waals surface area (Å²) < 4.78 is 41.9. The highest BCUT2D eigenvalue weighted by atomic mass is 35.5. The highest BCUT2D eigenvalue weighted by molar-refractivity contribution is 7.92. The van der Waals surface area contributed by atoms with Crippen molar-refractivity contribution in [1.82, 2.24) is 9.97 Å². The Morgan fingerprint density at radius 1 is 1.11 bits per heavy atom. The number of sulfonamides is 1. The van der Waals surface area contributed by atoms with Crippen LogP contribution in [0, 0.1) is 5.82 Å². The van der Waals surface area contributed by atoms with Gasteiger partial charge in [-0.3, -0.25) is 4.72 Å². The third-order valence-electron chi connectivity index (χ3n) is 3.90. The van der Waals surface area contributed by atoms with Crippen LogP contribution in [0.25, 0.3) is 0 Å². The average molecular weight is 441 g/mol. The molecule has 0 fully saturated rings. The minimum Gasteiger partial charge on any atom is -0.377 e. The Balaban J connectivity index is 1.88. The summed E-state index contributed by atoms with van der Waals surface area (Å²) >= 11 is 12.3. The Kier molecular flexibility index (Phi) is 6.02. The van der Waals surface area contributed by atoms with Crippen LogP contribution in [0.4, 0.5) is 15.9 Å². The van der Waals surface area contributed by atoms with E-state index >= 15 is 0 Å². The maximum absolute atomic E-state index is 14.7. The molecule has 0 aliphatic rings. The van der Waals surface area contributed by atoms with E-state index in [2.05, 4.69) is 20.0 Å². The highest BCUT2D eigenvalue weighted by Gasteiger charge is 2.24. The summed E-state index contributed by atoms with van der Waals surface area (Å²) in [5.41, 5.74) is 1.04. The van der Waals surface area contributed by atoms with Crippen LogP contribution in [0.15, 0.2) is 59.9 Å². The van der Waals surface area contributed by atoms with Crippen molar-refractivity contribution in [1.29, 1.82) is 0 Å². The molecule has 0 aliphatic heterocycles. The van der Waals surface area contributed by atoms with E-state index in [0.717, 1.165) is 11.6 Å². The van der Waals surface area contributed by atoms with Crippen LogP contribution in [0.2, 0.25) is 10.0 Å². The zero-order valence-corrected chi connectivity index (χ0v) is 16.9. The molecule has 2 aromatic carbocycles. The smallest absolute Gasteiger partial charge is 0.266 e. The van der Waals surface area contributed by atoms with Crippen molar-refractivity contribution in [2.45, 2.75) is 17.9 Å². The molecule has 0 aliphatic carbocycles. The van der Waals surface area contributed by atoms with Crippen molar-refractivity contribution >= 4 is 44.7 Å². The first kappa shape index (κ1) is 20.3. The maximum Gasteiger partial charge on any atom is 0.266 e. The van der Waals surface area contributed by atoms with Gasteiger partial charge in [0.1, 0.15) is 22.1 Å². The predicted octanol–water partition coefficient (Wildman–Crippen LogP) is 4.90. The monoisotopic (exact) mass is 440 g/mol. The number of nitrogens with one attached hydrogen (secondary N) is 2. The molecule has 0 saturated heterocycles. The van der Waals surface area contributed by atoms with Crippen molar-refractivity contribution < 1.29 is 12.8 Å². The molecular weight excluding hydrogens is 426 g/mol. The molecule has 0 spiro atoms. The van der Waals surface area contributed by atoms with E-state index in [0.29, 0.717) is 5.02 Å². The van der Waals surface area contributed by atoms with E-state index in [1.807, 2.05) is 19.1 Å². The number of anilines is 2. The average Bonchev–Trinajstić information content (AvgIpc) is 2.66. The molecule has 10 heteroatoms. The number of benzene rings is 2. The first-order valence-electron chi connectivity index (χ1n) is 8.07. The summed E-state index contributed by atoms with van der Waals surface area (Å²) in [4.78, 5) is 6.86. The van der Waals surface area contributed by atoms with Crippen LogP contribution in [0.3, 0.4) is 0 Å². The molecule has 6 nitrogen and oxygen atoms in total. The van der Waals surface area contributed by atoms with Gasteiger partial charge < -0.3 is 5.32 Å². The number of rotatable bonds is 6. The van der Waals surface area contributed by atoms with Gasteiger partial charge in [-0.1, -0.05) is 41.4 Å². The second-order valence-electron chi connectivity index (χ2n) is 5.83. The Morgan fingerprint density at radius 3 is 2.54 bits per heavy atom. The van der Waals surface area contributed by atoms with Gasteiger partial charge in [0.15, 0.2) is 5.82 Å². The minimum atomic E-state index is -4.22. The van der Waals surface area contributed by atoms with Crippen LogP contribution in [-0.2, 0) is 10.0 Å². The molecule has 3 rings (SSSR count). The van der Waals surface area contributed by atoms with E-state index in [1.165, 1.54) is 24.7 Å². The van der Waals surface area contributed by atoms with Crippen molar-refractivity contribution in [3.05, 3.63) is 76.4 Å². The van der Waals surface area contributed by atoms with Gasteiger partial charge in [0.05, 0.1) is 11.7 Å². The van der Waals surface area contributed by atoms with E-state index in [-0.39, 0.29) is 22.6 Å². The van der Waals surface area contributed by atoms with Gasteiger partial charge in [-0.05, 0) is 36.8 Å². The second kappa shape index (κ2) is 8.30. The number of hydrogen-bond donors (Lipinski definition) is 2. The van der Waals surface area contributed by atoms with Crippen molar-refractivity contribution in [3.8, 4) is 0 Å². The van der Waals surface area contributed by atoms with Gasteiger partial charge in [0, 0.05) is 11.2 Å². The molecule has 0 radical (unpaired) electrons. The summed E-state index contributed by atoms with van der Waals surface area (Å²) in [6.07, 6.45) is 2.53. The molecule has 0 bridgehead atoms. The Hall–Kier alpha value is -2.42. The predicted molar refractivity (Wildman–Crippen MR) is 108 cm³/mol. The van der Waals surface area contributed by atoms with Crippen LogP contribution in [0.1, 0.15) is 18.5 Å². The Labute approximate surface area is 171 Å². The summed E-state index contributed by atoms with van der Waals surface area (Å²) in [7, 11) is -4.22. The van der Waals surface area contributed by atoms with E-state index in [1.54, 1.807) is 12.1 Å². The van der Waals surface area contributed by atoms with E-state index in [4.69, 9.17) is 23.2 Å². The number of hydrogen-bond acceptors (Lipinski definition) is 5. The standard InChI is InChI=1S/C18H15Cl2FN4O2S/c1-11(12-4-2-3-5-13(12)19)24-14-6-7-15(18(21)17(14)20)28(26,27)25-16-8-9-22-10-23-16/h2-11,24H,1H3,(H,22,23,25). The highest BCUT2D eigenvalue weighted by Crippen LogP contribution is 2.34. The topological polar surface area (TPSA) is 84.0 Å². The number of halogens is 3. The molecule has 1 aromatic heterocycles. The lowest BCUT2D eigenvalue weighted by Gasteiger charge is -2.19. The summed E-state index contributed by atoms with van der Waals surface area (Å²) in [6.45, 7) is 1.83. The Bertz CT molecular complexity index is 1100. The first-order valence-corrected chi connectivity index (χ1v) is 10.3. The van der Waals surface area contributed by atoms with Gasteiger partial charge in [-0.15, -0.1) is 0 Å². The van der Waals surface area contributed by atoms with Crippen LogP contribution in [0.5, 0.6) is 0 Å². The SMILES string of the molecule is CC(Nc1ccc(S(=O)(=O)Nc2ccncn2)c(F)c1Cl)c1ccccc1Cl. The quantitative estimate of drug-likeness (QED) is 0.569. The van der Waals surface area contributed by atoms with Gasteiger partial charge in [0.25, 0.3) is 10.0 Å². The lowest BCUT2D eigenvalue weighted by molar-refractivity contribution is 0.570. The molecule has 1 unspecified atom stereocenters. The van der Waals surface area contributed by atoms with Crippen LogP contribution >= 0.6 is 23.2 Å². The molecule has 146 valence electrons. The number of aromatic nitrogens is 2. The minimum absolute atomic E-state index is 0.0139. The largest absolute Gasteiger partial charge is 0.377 e. The second-order valence-corrected chi connectivity index (χ2v) is 8.26. The maximum atomic E-state index is 14.7. The number of nitrogens with zero attached hydrogens (tertiary/aromatic N) is 2. The summed E-state index contributed by atoms with van der Waals surface area (Å²) in [6, 6.07) is 10.8. The zero-order valence-electron chi connectivity index (χ0n) is 14.5.